The number of halogens is 2. The molecule has 5 rings (SSSR count). The molecule has 1 amide bonds. The summed E-state index contributed by atoms with van der Waals surface area (Å²) in [6, 6.07) is 23.6. The molecule has 41 heavy (non-hydrogen) atoms. The fourth-order valence-electron chi connectivity index (χ4n) is 4.63. The van der Waals surface area contributed by atoms with Gasteiger partial charge in [0.05, 0.1) is 16.3 Å². The summed E-state index contributed by atoms with van der Waals surface area (Å²) < 4.78 is 36.0. The number of sulfonamides is 1. The van der Waals surface area contributed by atoms with Crippen LogP contribution in [0.15, 0.2) is 89.8 Å². The third kappa shape index (κ3) is 5.74. The van der Waals surface area contributed by atoms with Crippen molar-refractivity contribution in [2.75, 3.05) is 10.0 Å². The van der Waals surface area contributed by atoms with Crippen molar-refractivity contribution in [3.63, 3.8) is 0 Å². The minimum Gasteiger partial charge on any atom is -0.449 e. The molecule has 0 aliphatic rings. The van der Waals surface area contributed by atoms with E-state index in [0.717, 1.165) is 28.4 Å². The first-order chi connectivity index (χ1) is 19.6. The van der Waals surface area contributed by atoms with Crippen LogP contribution in [0.4, 0.5) is 11.4 Å². The zero-order valence-corrected chi connectivity index (χ0v) is 24.3. The normalized spacial score (nSPS) is 12.3. The fourth-order valence-corrected chi connectivity index (χ4v) is 6.47. The summed E-state index contributed by atoms with van der Waals surface area (Å²) in [6.07, 6.45) is -1.18. The van der Waals surface area contributed by atoms with E-state index in [1.807, 2.05) is 30.3 Å². The minimum absolute atomic E-state index is 0.0373. The molecule has 1 atom stereocenters. The smallest absolute Gasteiger partial charge is 0.341 e. The number of aromatic nitrogens is 1. The lowest BCUT2D eigenvalue weighted by Gasteiger charge is -2.16. The molecule has 11 heteroatoms. The molecule has 210 valence electrons. The molecule has 1 heterocycles. The first kappa shape index (κ1) is 28.5. The van der Waals surface area contributed by atoms with Crippen molar-refractivity contribution in [2.45, 2.75) is 31.4 Å². The number of esters is 1. The molecule has 0 saturated carbocycles. The molecule has 0 saturated heterocycles. The maximum Gasteiger partial charge on any atom is 0.341 e. The Kier molecular flexibility index (Phi) is 7.95. The van der Waals surface area contributed by atoms with Gasteiger partial charge >= 0.3 is 5.97 Å². The van der Waals surface area contributed by atoms with Crippen molar-refractivity contribution >= 4 is 78.3 Å². The van der Waals surface area contributed by atoms with Crippen LogP contribution in [0.2, 0.25) is 10.0 Å². The highest BCUT2D eigenvalue weighted by Crippen LogP contribution is 2.31. The number of ether oxygens (including phenoxy) is 1. The molecule has 1 aromatic heterocycles. The average molecular weight is 611 g/mol. The lowest BCUT2D eigenvalue weighted by atomic mass is 10.1. The SMILES string of the molecule is CCn1c2ccccc2c2cc(NC(=O)[C@H](C)OC(=O)c3ccccc3NS(=O)(=O)c3cc(Cl)ccc3Cl)ccc21. The molecule has 0 spiro atoms. The number of para-hydroxylation sites is 2. The molecule has 0 fully saturated rings. The molecule has 0 unspecified atom stereocenters. The Balaban J connectivity index is 1.33. The highest BCUT2D eigenvalue weighted by Gasteiger charge is 2.25. The van der Waals surface area contributed by atoms with E-state index >= 15 is 0 Å². The van der Waals surface area contributed by atoms with Crippen molar-refractivity contribution in [3.05, 3.63) is 101 Å². The van der Waals surface area contributed by atoms with Gasteiger partial charge in [0.2, 0.25) is 0 Å². The molecular formula is C30H25Cl2N3O5S. The van der Waals surface area contributed by atoms with Gasteiger partial charge in [0.1, 0.15) is 4.90 Å². The van der Waals surface area contributed by atoms with Gasteiger partial charge in [0.25, 0.3) is 15.9 Å². The van der Waals surface area contributed by atoms with Crippen LogP contribution < -0.4 is 10.0 Å². The Morgan fingerprint density at radius 1 is 0.902 bits per heavy atom. The van der Waals surface area contributed by atoms with Crippen molar-refractivity contribution in [1.82, 2.24) is 4.57 Å². The predicted molar refractivity (Wildman–Crippen MR) is 162 cm³/mol. The lowest BCUT2D eigenvalue weighted by molar-refractivity contribution is -0.123. The number of nitrogens with zero attached hydrogens (tertiary/aromatic N) is 1. The van der Waals surface area contributed by atoms with E-state index in [4.69, 9.17) is 27.9 Å². The van der Waals surface area contributed by atoms with Crippen LogP contribution in [0.3, 0.4) is 0 Å². The highest BCUT2D eigenvalue weighted by atomic mass is 35.5. The maximum atomic E-state index is 13.0. The summed E-state index contributed by atoms with van der Waals surface area (Å²) in [4.78, 5) is 25.8. The minimum atomic E-state index is -4.20. The van der Waals surface area contributed by atoms with Gasteiger partial charge in [-0.1, -0.05) is 53.5 Å². The van der Waals surface area contributed by atoms with Crippen LogP contribution in [0.5, 0.6) is 0 Å². The zero-order valence-electron chi connectivity index (χ0n) is 22.0. The van der Waals surface area contributed by atoms with E-state index in [1.165, 1.54) is 37.3 Å². The van der Waals surface area contributed by atoms with Crippen LogP contribution >= 0.6 is 23.2 Å². The molecule has 0 aliphatic carbocycles. The Hall–Kier alpha value is -4.05. The number of anilines is 2. The average Bonchev–Trinajstić information content (AvgIpc) is 3.27. The number of hydrogen-bond donors (Lipinski definition) is 2. The molecule has 2 N–H and O–H groups in total. The van der Waals surface area contributed by atoms with Gasteiger partial charge in [-0.2, -0.15) is 0 Å². The third-order valence-corrected chi connectivity index (χ3v) is 8.67. The highest BCUT2D eigenvalue weighted by molar-refractivity contribution is 7.92. The molecular weight excluding hydrogens is 585 g/mol. The van der Waals surface area contributed by atoms with Gasteiger partial charge in [-0.15, -0.1) is 0 Å². The number of carbonyl (C=O) groups excluding carboxylic acids is 2. The number of rotatable bonds is 8. The quantitative estimate of drug-likeness (QED) is 0.182. The number of hydrogen-bond acceptors (Lipinski definition) is 5. The fraction of sp³-hybridized carbons (Fsp3) is 0.133. The zero-order chi connectivity index (χ0) is 29.3. The van der Waals surface area contributed by atoms with E-state index in [-0.39, 0.29) is 26.2 Å². The van der Waals surface area contributed by atoms with Crippen LogP contribution in [-0.4, -0.2) is 31.0 Å². The van der Waals surface area contributed by atoms with Crippen LogP contribution in [0, 0.1) is 0 Å². The second-order valence-electron chi connectivity index (χ2n) is 9.26. The van der Waals surface area contributed by atoms with Crippen LogP contribution in [0.25, 0.3) is 21.8 Å². The van der Waals surface area contributed by atoms with Gasteiger partial charge in [-0.05, 0) is 68.4 Å². The molecule has 0 radical (unpaired) electrons. The standard InChI is InChI=1S/C30H25Cl2N3O5S/c1-3-35-26-11-7-5-8-21(26)23-17-20(13-15-27(23)35)33-29(36)18(2)40-30(37)22-9-4-6-10-25(22)34-41(38,39)28-16-19(31)12-14-24(28)32/h4-18,34H,3H2,1-2H3,(H,33,36)/t18-/m0/s1. The summed E-state index contributed by atoms with van der Waals surface area (Å²) >= 11 is 12.0. The number of amides is 1. The van der Waals surface area contributed by atoms with Crippen LogP contribution in [0.1, 0.15) is 24.2 Å². The molecule has 5 aromatic rings. The van der Waals surface area contributed by atoms with Gasteiger partial charge in [-0.3, -0.25) is 9.52 Å². The number of aryl methyl sites for hydroxylation is 1. The summed E-state index contributed by atoms with van der Waals surface area (Å²) in [5.41, 5.74) is 2.57. The summed E-state index contributed by atoms with van der Waals surface area (Å²) in [7, 11) is -4.20. The summed E-state index contributed by atoms with van der Waals surface area (Å²) in [5.74, 6) is -1.43. The largest absolute Gasteiger partial charge is 0.449 e. The van der Waals surface area contributed by atoms with Crippen molar-refractivity contribution < 1.29 is 22.7 Å². The summed E-state index contributed by atoms with van der Waals surface area (Å²) in [5, 5.41) is 5.00. The molecule has 0 aliphatic heterocycles. The Morgan fingerprint density at radius 2 is 1.61 bits per heavy atom. The van der Waals surface area contributed by atoms with Crippen molar-refractivity contribution in [1.29, 1.82) is 0 Å². The maximum absolute atomic E-state index is 13.0. The van der Waals surface area contributed by atoms with Gasteiger partial charge < -0.3 is 14.6 Å². The third-order valence-electron chi connectivity index (χ3n) is 6.58. The molecule has 0 bridgehead atoms. The van der Waals surface area contributed by atoms with Gasteiger partial charge in [-0.25, -0.2) is 13.2 Å². The number of fused-ring (bicyclic) bond motifs is 3. The van der Waals surface area contributed by atoms with Crippen molar-refractivity contribution in [3.8, 4) is 0 Å². The van der Waals surface area contributed by atoms with Crippen LogP contribution in [-0.2, 0) is 26.1 Å². The van der Waals surface area contributed by atoms with E-state index in [0.29, 0.717) is 5.69 Å². The number of carbonyl (C=O) groups is 2. The van der Waals surface area contributed by atoms with E-state index in [2.05, 4.69) is 27.6 Å². The predicted octanol–water partition coefficient (Wildman–Crippen LogP) is 7.11. The van der Waals surface area contributed by atoms with Gasteiger partial charge in [0, 0.05) is 39.1 Å². The van der Waals surface area contributed by atoms with E-state index in [9.17, 15) is 18.0 Å². The second kappa shape index (κ2) is 11.4. The van der Waals surface area contributed by atoms with Crippen molar-refractivity contribution in [2.24, 2.45) is 0 Å². The van der Waals surface area contributed by atoms with E-state index in [1.54, 1.807) is 18.2 Å². The number of nitrogens with one attached hydrogen (secondary N) is 2. The Morgan fingerprint density at radius 3 is 2.39 bits per heavy atom. The Bertz CT molecular complexity index is 1920. The monoisotopic (exact) mass is 609 g/mol. The second-order valence-corrected chi connectivity index (χ2v) is 11.8. The van der Waals surface area contributed by atoms with Gasteiger partial charge in [0.15, 0.2) is 6.10 Å². The number of benzene rings is 4. The first-order valence-corrected chi connectivity index (χ1v) is 14.9. The Labute approximate surface area is 246 Å². The lowest BCUT2D eigenvalue weighted by Crippen LogP contribution is -2.30. The van der Waals surface area contributed by atoms with E-state index < -0.39 is 28.0 Å². The molecule has 4 aromatic carbocycles. The topological polar surface area (TPSA) is 106 Å². The molecule has 8 nitrogen and oxygen atoms in total. The first-order valence-electron chi connectivity index (χ1n) is 12.7. The summed E-state index contributed by atoms with van der Waals surface area (Å²) in [6.45, 7) is 4.31.